The molecule has 0 aliphatic carbocycles. The lowest BCUT2D eigenvalue weighted by Crippen LogP contribution is -2.14. The topological polar surface area (TPSA) is 88.8 Å². The normalized spacial score (nSPS) is 11.4. The Hall–Kier alpha value is -2.06. The molecule has 0 atom stereocenters. The van der Waals surface area contributed by atoms with Crippen LogP contribution < -0.4 is 9.46 Å². The molecule has 0 spiro atoms. The number of benzene rings is 1. The van der Waals surface area contributed by atoms with Gasteiger partial charge >= 0.3 is 0 Å². The summed E-state index contributed by atoms with van der Waals surface area (Å²) in [5, 5.41) is 8.97. The van der Waals surface area contributed by atoms with Gasteiger partial charge in [0.1, 0.15) is 34.6 Å². The number of rotatable bonds is 5. The third kappa shape index (κ3) is 3.17. The van der Waals surface area contributed by atoms with Crippen LogP contribution in [-0.4, -0.2) is 20.6 Å². The highest BCUT2D eigenvalue weighted by Gasteiger charge is 2.22. The minimum atomic E-state index is -3.94. The van der Waals surface area contributed by atoms with Crippen LogP contribution in [0.25, 0.3) is 0 Å². The number of hydrogen-bond donors (Lipinski definition) is 2. The zero-order valence-electron chi connectivity index (χ0n) is 11.4. The molecule has 0 bridgehead atoms. The van der Waals surface area contributed by atoms with Gasteiger partial charge in [0, 0.05) is 12.1 Å². The van der Waals surface area contributed by atoms with Crippen molar-refractivity contribution in [1.82, 2.24) is 0 Å². The number of anilines is 1. The summed E-state index contributed by atoms with van der Waals surface area (Å²) in [4.78, 5) is -0.0991. The second-order valence-electron chi connectivity index (χ2n) is 4.24. The fourth-order valence-electron chi connectivity index (χ4n) is 1.82. The van der Waals surface area contributed by atoms with E-state index in [0.717, 1.165) is 12.1 Å². The molecule has 21 heavy (non-hydrogen) atoms. The van der Waals surface area contributed by atoms with Gasteiger partial charge in [0.25, 0.3) is 10.0 Å². The van der Waals surface area contributed by atoms with Crippen LogP contribution in [-0.2, 0) is 16.6 Å². The van der Waals surface area contributed by atoms with Crippen molar-refractivity contribution in [1.29, 1.82) is 0 Å². The van der Waals surface area contributed by atoms with Gasteiger partial charge in [0.2, 0.25) is 0 Å². The average molecular weight is 315 g/mol. The van der Waals surface area contributed by atoms with Crippen LogP contribution in [0.5, 0.6) is 5.75 Å². The summed E-state index contributed by atoms with van der Waals surface area (Å²) in [5.74, 6) is -0.203. The molecule has 0 aliphatic heterocycles. The van der Waals surface area contributed by atoms with E-state index < -0.39 is 22.4 Å². The number of nitrogens with one attached hydrogen (secondary N) is 1. The second kappa shape index (κ2) is 5.74. The van der Waals surface area contributed by atoms with Crippen LogP contribution in [0.15, 0.2) is 33.6 Å². The van der Waals surface area contributed by atoms with Crippen molar-refractivity contribution < 1.29 is 27.1 Å². The Labute approximate surface area is 121 Å². The quantitative estimate of drug-likeness (QED) is 0.881. The number of ether oxygens (including phenoxy) is 1. The standard InChI is InChI=1S/C13H14FNO5S/c1-8-13(6-10(7-16)20-8)21(17,18)15-11-4-3-9(14)5-12(11)19-2/h3-6,15-16H,7H2,1-2H3. The van der Waals surface area contributed by atoms with E-state index in [1.807, 2.05) is 0 Å². The van der Waals surface area contributed by atoms with Crippen molar-refractivity contribution in [3.05, 3.63) is 41.6 Å². The van der Waals surface area contributed by atoms with Gasteiger partial charge < -0.3 is 14.3 Å². The highest BCUT2D eigenvalue weighted by atomic mass is 32.2. The van der Waals surface area contributed by atoms with Gasteiger partial charge in [-0.3, -0.25) is 4.72 Å². The monoisotopic (exact) mass is 315 g/mol. The lowest BCUT2D eigenvalue weighted by atomic mass is 10.3. The van der Waals surface area contributed by atoms with Gasteiger partial charge in [-0.25, -0.2) is 12.8 Å². The fourth-order valence-corrected chi connectivity index (χ4v) is 3.09. The van der Waals surface area contributed by atoms with Crippen LogP contribution in [0.4, 0.5) is 10.1 Å². The van der Waals surface area contributed by atoms with E-state index in [9.17, 15) is 12.8 Å². The molecule has 1 aromatic carbocycles. The molecule has 0 unspecified atom stereocenters. The van der Waals surface area contributed by atoms with Gasteiger partial charge in [-0.2, -0.15) is 0 Å². The average Bonchev–Trinajstić information content (AvgIpc) is 2.82. The van der Waals surface area contributed by atoms with Gasteiger partial charge in [-0.05, 0) is 19.1 Å². The zero-order chi connectivity index (χ0) is 15.6. The predicted octanol–water partition coefficient (Wildman–Crippen LogP) is 2.03. The van der Waals surface area contributed by atoms with Crippen molar-refractivity contribution in [3.8, 4) is 5.75 Å². The number of aliphatic hydroxyl groups excluding tert-OH is 1. The molecule has 2 aromatic rings. The van der Waals surface area contributed by atoms with Crippen LogP contribution in [0.2, 0.25) is 0 Å². The molecule has 114 valence electrons. The summed E-state index contributed by atoms with van der Waals surface area (Å²) in [6.45, 7) is 1.06. The van der Waals surface area contributed by atoms with E-state index in [0.29, 0.717) is 0 Å². The lowest BCUT2D eigenvalue weighted by Gasteiger charge is -2.11. The first-order valence-electron chi connectivity index (χ1n) is 5.94. The SMILES string of the molecule is COc1cc(F)ccc1NS(=O)(=O)c1cc(CO)oc1C. The minimum Gasteiger partial charge on any atom is -0.494 e. The summed E-state index contributed by atoms with van der Waals surface area (Å²) >= 11 is 0. The second-order valence-corrected chi connectivity index (χ2v) is 5.89. The maximum absolute atomic E-state index is 13.1. The molecule has 0 fully saturated rings. The molecular weight excluding hydrogens is 301 g/mol. The van der Waals surface area contributed by atoms with Crippen molar-refractivity contribution in [3.63, 3.8) is 0 Å². The summed E-state index contributed by atoms with van der Waals surface area (Å²) in [6.07, 6.45) is 0. The van der Waals surface area contributed by atoms with E-state index in [-0.39, 0.29) is 27.9 Å². The van der Waals surface area contributed by atoms with Crippen LogP contribution >= 0.6 is 0 Å². The van der Waals surface area contributed by atoms with Gasteiger partial charge in [0.05, 0.1) is 12.8 Å². The third-order valence-corrected chi connectivity index (χ3v) is 4.25. The van der Waals surface area contributed by atoms with Gasteiger partial charge in [-0.1, -0.05) is 0 Å². The summed E-state index contributed by atoms with van der Waals surface area (Å²) < 4.78 is 50.0. The number of aliphatic hydroxyl groups is 1. The van der Waals surface area contributed by atoms with Gasteiger partial charge in [0.15, 0.2) is 0 Å². The molecule has 6 nitrogen and oxygen atoms in total. The Bertz CT molecular complexity index is 754. The summed E-state index contributed by atoms with van der Waals surface area (Å²) in [6, 6.07) is 4.67. The number of furan rings is 1. The van der Waals surface area contributed by atoms with Crippen LogP contribution in [0.1, 0.15) is 11.5 Å². The molecule has 0 saturated heterocycles. The van der Waals surface area contributed by atoms with E-state index >= 15 is 0 Å². The number of aryl methyl sites for hydroxylation is 1. The van der Waals surface area contributed by atoms with E-state index in [4.69, 9.17) is 14.3 Å². The molecule has 2 N–H and O–H groups in total. The van der Waals surface area contributed by atoms with E-state index in [1.54, 1.807) is 0 Å². The van der Waals surface area contributed by atoms with Crippen LogP contribution in [0.3, 0.4) is 0 Å². The molecule has 2 rings (SSSR count). The number of halogens is 1. The molecular formula is C13H14FNO5S. The Morgan fingerprint density at radius 2 is 2.10 bits per heavy atom. The Balaban J connectivity index is 2.39. The van der Waals surface area contributed by atoms with E-state index in [2.05, 4.69) is 4.72 Å². The molecule has 0 aliphatic rings. The maximum atomic E-state index is 13.1. The number of sulfonamides is 1. The first-order chi connectivity index (χ1) is 9.87. The summed E-state index contributed by atoms with van der Waals surface area (Å²) in [7, 11) is -2.63. The minimum absolute atomic E-state index is 0.0575. The highest BCUT2D eigenvalue weighted by molar-refractivity contribution is 7.92. The Kier molecular flexibility index (Phi) is 4.19. The largest absolute Gasteiger partial charge is 0.494 e. The van der Waals surface area contributed by atoms with Crippen molar-refractivity contribution in [2.45, 2.75) is 18.4 Å². The Morgan fingerprint density at radius 3 is 2.67 bits per heavy atom. The first kappa shape index (κ1) is 15.3. The smallest absolute Gasteiger partial charge is 0.265 e. The van der Waals surface area contributed by atoms with Crippen molar-refractivity contribution in [2.75, 3.05) is 11.8 Å². The van der Waals surface area contributed by atoms with Crippen LogP contribution in [0, 0.1) is 12.7 Å². The third-order valence-electron chi connectivity index (χ3n) is 2.78. The lowest BCUT2D eigenvalue weighted by molar-refractivity contribution is 0.245. The maximum Gasteiger partial charge on any atom is 0.265 e. The number of methoxy groups -OCH3 is 1. The summed E-state index contributed by atoms with van der Waals surface area (Å²) in [5.41, 5.74) is 0.102. The zero-order valence-corrected chi connectivity index (χ0v) is 12.2. The van der Waals surface area contributed by atoms with Gasteiger partial charge in [-0.15, -0.1) is 0 Å². The molecule has 8 heteroatoms. The molecule has 0 radical (unpaired) electrons. The first-order valence-corrected chi connectivity index (χ1v) is 7.42. The van der Waals surface area contributed by atoms with Crippen molar-refractivity contribution in [2.24, 2.45) is 0 Å². The predicted molar refractivity (Wildman–Crippen MR) is 73.1 cm³/mol. The highest BCUT2D eigenvalue weighted by Crippen LogP contribution is 2.29. The molecule has 0 amide bonds. The Morgan fingerprint density at radius 1 is 1.38 bits per heavy atom. The fraction of sp³-hybridized carbons (Fsp3) is 0.231. The number of hydrogen-bond acceptors (Lipinski definition) is 5. The van der Waals surface area contributed by atoms with Crippen molar-refractivity contribution >= 4 is 15.7 Å². The van der Waals surface area contributed by atoms with E-state index in [1.165, 1.54) is 26.2 Å². The molecule has 1 aromatic heterocycles. The molecule has 0 saturated carbocycles. The molecule has 1 heterocycles.